The van der Waals surface area contributed by atoms with E-state index in [1.807, 2.05) is 0 Å². The summed E-state index contributed by atoms with van der Waals surface area (Å²) in [6.07, 6.45) is 1.77. The van der Waals surface area contributed by atoms with Crippen LogP contribution in [0.5, 0.6) is 5.75 Å². The van der Waals surface area contributed by atoms with Gasteiger partial charge in [0.15, 0.2) is 5.78 Å². The lowest BCUT2D eigenvalue weighted by Crippen LogP contribution is -2.09. The Bertz CT molecular complexity index is 535. The second kappa shape index (κ2) is 4.65. The molecule has 0 saturated carbocycles. The normalized spacial score (nSPS) is 10.1. The van der Waals surface area contributed by atoms with Crippen LogP contribution in [0.15, 0.2) is 42.6 Å². The van der Waals surface area contributed by atoms with Crippen molar-refractivity contribution in [3.8, 4) is 5.75 Å². The highest BCUT2D eigenvalue weighted by Gasteiger charge is 2.11. The van der Waals surface area contributed by atoms with Crippen LogP contribution >= 0.6 is 0 Å². The molecule has 17 heavy (non-hydrogen) atoms. The van der Waals surface area contributed by atoms with Crippen molar-refractivity contribution in [3.63, 3.8) is 0 Å². The molecule has 0 radical (unpaired) electrons. The molecule has 2 aromatic rings. The first-order chi connectivity index (χ1) is 8.16. The van der Waals surface area contributed by atoms with Gasteiger partial charge in [-0.2, -0.15) is 0 Å². The van der Waals surface area contributed by atoms with E-state index in [-0.39, 0.29) is 18.0 Å². The first-order valence-electron chi connectivity index (χ1n) is 5.18. The summed E-state index contributed by atoms with van der Waals surface area (Å²) >= 11 is 0. The fraction of sp³-hybridized carbons (Fsp3) is 0.0769. The van der Waals surface area contributed by atoms with Crippen LogP contribution in [0, 0.1) is 0 Å². The Labute approximate surface area is 98.7 Å². The Kier molecular flexibility index (Phi) is 3.05. The zero-order chi connectivity index (χ0) is 12.3. The molecule has 1 aromatic carbocycles. The minimum absolute atomic E-state index is 0.131. The lowest BCUT2D eigenvalue weighted by Gasteiger charge is -2.03. The van der Waals surface area contributed by atoms with Crippen molar-refractivity contribution in [2.45, 2.75) is 6.42 Å². The molecule has 1 heterocycles. The molecule has 0 saturated heterocycles. The van der Waals surface area contributed by atoms with E-state index in [2.05, 4.69) is 4.98 Å². The summed E-state index contributed by atoms with van der Waals surface area (Å²) in [5.74, 6) is 0.0485. The first kappa shape index (κ1) is 11.1. The van der Waals surface area contributed by atoms with E-state index in [1.54, 1.807) is 42.6 Å². The summed E-state index contributed by atoms with van der Waals surface area (Å²) in [5, 5.41) is 9.13. The predicted molar refractivity (Wildman–Crippen MR) is 64.8 cm³/mol. The predicted octanol–water partition coefficient (Wildman–Crippen LogP) is 1.79. The number of phenols is 1. The number of benzene rings is 1. The fourth-order valence-corrected chi connectivity index (χ4v) is 1.53. The maximum absolute atomic E-state index is 11.9. The number of Topliss-reactive ketones (excluding diaryl/α,β-unsaturated/α-hetero) is 1. The molecule has 0 spiro atoms. The van der Waals surface area contributed by atoms with Crippen molar-refractivity contribution in [1.29, 1.82) is 0 Å². The number of nitrogen functional groups attached to an aromatic ring is 1. The van der Waals surface area contributed by atoms with Crippen LogP contribution in [-0.2, 0) is 6.42 Å². The van der Waals surface area contributed by atoms with Crippen LogP contribution in [0.2, 0.25) is 0 Å². The second-order valence-corrected chi connectivity index (χ2v) is 3.71. The maximum atomic E-state index is 11.9. The van der Waals surface area contributed by atoms with Gasteiger partial charge in [0.1, 0.15) is 11.4 Å². The van der Waals surface area contributed by atoms with E-state index in [0.29, 0.717) is 11.4 Å². The van der Waals surface area contributed by atoms with Gasteiger partial charge in [0.25, 0.3) is 0 Å². The summed E-state index contributed by atoms with van der Waals surface area (Å²) in [6.45, 7) is 0. The van der Waals surface area contributed by atoms with Gasteiger partial charge in [0.2, 0.25) is 0 Å². The first-order valence-corrected chi connectivity index (χ1v) is 5.18. The van der Waals surface area contributed by atoms with Crippen LogP contribution < -0.4 is 5.73 Å². The van der Waals surface area contributed by atoms with Crippen LogP contribution in [0.1, 0.15) is 16.1 Å². The van der Waals surface area contributed by atoms with E-state index in [4.69, 9.17) is 10.8 Å². The fourth-order valence-electron chi connectivity index (χ4n) is 1.53. The van der Waals surface area contributed by atoms with Gasteiger partial charge in [-0.15, -0.1) is 0 Å². The third-order valence-electron chi connectivity index (χ3n) is 2.40. The molecule has 0 amide bonds. The van der Waals surface area contributed by atoms with Crippen molar-refractivity contribution in [3.05, 3.63) is 53.9 Å². The molecule has 1 aromatic heterocycles. The molecule has 86 valence electrons. The van der Waals surface area contributed by atoms with Crippen molar-refractivity contribution < 1.29 is 9.90 Å². The van der Waals surface area contributed by atoms with Gasteiger partial charge < -0.3 is 10.8 Å². The summed E-state index contributed by atoms with van der Waals surface area (Å²) in [6, 6.07) is 9.83. The lowest BCUT2D eigenvalue weighted by atomic mass is 10.1. The van der Waals surface area contributed by atoms with Gasteiger partial charge in [-0.25, -0.2) is 0 Å². The van der Waals surface area contributed by atoms with E-state index in [9.17, 15) is 4.79 Å². The lowest BCUT2D eigenvalue weighted by molar-refractivity contribution is 0.0989. The number of rotatable bonds is 3. The number of nitrogens with two attached hydrogens (primary N) is 1. The second-order valence-electron chi connectivity index (χ2n) is 3.71. The Morgan fingerprint density at radius 3 is 2.59 bits per heavy atom. The van der Waals surface area contributed by atoms with Gasteiger partial charge in [-0.1, -0.05) is 12.1 Å². The number of anilines is 1. The number of aromatic nitrogens is 1. The molecule has 4 nitrogen and oxygen atoms in total. The number of nitrogens with zero attached hydrogens (tertiary/aromatic N) is 1. The van der Waals surface area contributed by atoms with Gasteiger partial charge in [-0.05, 0) is 29.8 Å². The number of hydrogen-bond donors (Lipinski definition) is 2. The summed E-state index contributed by atoms with van der Waals surface area (Å²) in [5.41, 5.74) is 7.17. The van der Waals surface area contributed by atoms with Gasteiger partial charge >= 0.3 is 0 Å². The molecular formula is C13H12N2O2. The minimum Gasteiger partial charge on any atom is -0.508 e. The molecule has 0 aliphatic heterocycles. The number of ketones is 1. The van der Waals surface area contributed by atoms with Crippen molar-refractivity contribution in [2.24, 2.45) is 0 Å². The summed E-state index contributed by atoms with van der Waals surface area (Å²) < 4.78 is 0. The zero-order valence-electron chi connectivity index (χ0n) is 9.13. The Hall–Kier alpha value is -2.36. The summed E-state index contributed by atoms with van der Waals surface area (Å²) in [4.78, 5) is 15.9. The van der Waals surface area contributed by atoms with Crippen LogP contribution in [0.4, 0.5) is 5.69 Å². The zero-order valence-corrected chi connectivity index (χ0v) is 9.13. The number of pyridine rings is 1. The molecule has 0 aliphatic rings. The van der Waals surface area contributed by atoms with E-state index in [1.165, 1.54) is 0 Å². The van der Waals surface area contributed by atoms with Crippen molar-refractivity contribution >= 4 is 11.5 Å². The standard InChI is InChI=1S/C13H12N2O2/c14-11-2-1-7-15-13(11)12(17)8-9-3-5-10(16)6-4-9/h1-7,16H,8,14H2. The Morgan fingerprint density at radius 1 is 1.24 bits per heavy atom. The minimum atomic E-state index is -0.131. The molecule has 0 aliphatic carbocycles. The van der Waals surface area contributed by atoms with Gasteiger partial charge in [-0.3, -0.25) is 9.78 Å². The largest absolute Gasteiger partial charge is 0.508 e. The highest BCUT2D eigenvalue weighted by Crippen LogP contribution is 2.14. The highest BCUT2D eigenvalue weighted by molar-refractivity contribution is 5.99. The third kappa shape index (κ3) is 2.60. The summed E-state index contributed by atoms with van der Waals surface area (Å²) in [7, 11) is 0. The Morgan fingerprint density at radius 2 is 1.94 bits per heavy atom. The highest BCUT2D eigenvalue weighted by atomic mass is 16.3. The Balaban J connectivity index is 2.17. The molecule has 0 bridgehead atoms. The van der Waals surface area contributed by atoms with Crippen LogP contribution in [-0.4, -0.2) is 15.9 Å². The topological polar surface area (TPSA) is 76.2 Å². The number of carbonyl (C=O) groups is 1. The molecule has 0 fully saturated rings. The van der Waals surface area contributed by atoms with Crippen molar-refractivity contribution in [1.82, 2.24) is 4.98 Å². The van der Waals surface area contributed by atoms with E-state index in [0.717, 1.165) is 5.56 Å². The van der Waals surface area contributed by atoms with E-state index >= 15 is 0 Å². The van der Waals surface area contributed by atoms with Crippen LogP contribution in [0.3, 0.4) is 0 Å². The SMILES string of the molecule is Nc1cccnc1C(=O)Cc1ccc(O)cc1. The average Bonchev–Trinajstić information content (AvgIpc) is 2.32. The molecule has 3 N–H and O–H groups in total. The van der Waals surface area contributed by atoms with Crippen LogP contribution in [0.25, 0.3) is 0 Å². The molecule has 4 heteroatoms. The number of carbonyl (C=O) groups excluding carboxylic acids is 1. The number of hydrogen-bond acceptors (Lipinski definition) is 4. The molecule has 2 rings (SSSR count). The average molecular weight is 228 g/mol. The monoisotopic (exact) mass is 228 g/mol. The number of aromatic hydroxyl groups is 1. The quantitative estimate of drug-likeness (QED) is 0.785. The molecule has 0 unspecified atom stereocenters. The van der Waals surface area contributed by atoms with Gasteiger partial charge in [0.05, 0.1) is 5.69 Å². The molecule has 0 atom stereocenters. The smallest absolute Gasteiger partial charge is 0.187 e. The van der Waals surface area contributed by atoms with Gasteiger partial charge in [0, 0.05) is 12.6 Å². The van der Waals surface area contributed by atoms with Crippen molar-refractivity contribution in [2.75, 3.05) is 5.73 Å². The molecular weight excluding hydrogens is 216 g/mol. The number of phenolic OH excluding ortho intramolecular Hbond substituents is 1. The van der Waals surface area contributed by atoms with E-state index < -0.39 is 0 Å². The maximum Gasteiger partial charge on any atom is 0.187 e. The third-order valence-corrected chi connectivity index (χ3v) is 2.40.